The lowest BCUT2D eigenvalue weighted by atomic mass is 10.1. The summed E-state index contributed by atoms with van der Waals surface area (Å²) in [5.41, 5.74) is 0.407. The third-order valence-corrected chi connectivity index (χ3v) is 3.87. The zero-order valence-corrected chi connectivity index (χ0v) is 10.3. The van der Waals surface area contributed by atoms with E-state index in [1.807, 2.05) is 4.90 Å². The van der Waals surface area contributed by atoms with E-state index in [0.717, 1.165) is 32.0 Å². The zero-order chi connectivity index (χ0) is 12.5. The predicted molar refractivity (Wildman–Crippen MR) is 67.7 cm³/mol. The van der Waals surface area contributed by atoms with Gasteiger partial charge in [0.15, 0.2) is 0 Å². The van der Waals surface area contributed by atoms with Gasteiger partial charge < -0.3 is 10.2 Å². The van der Waals surface area contributed by atoms with Crippen LogP contribution in [-0.4, -0.2) is 25.7 Å². The third-order valence-electron chi connectivity index (χ3n) is 3.87. The van der Waals surface area contributed by atoms with E-state index in [0.29, 0.717) is 11.7 Å². The van der Waals surface area contributed by atoms with E-state index >= 15 is 0 Å². The molecule has 2 fully saturated rings. The van der Waals surface area contributed by atoms with E-state index < -0.39 is 0 Å². The lowest BCUT2D eigenvalue weighted by molar-refractivity contribution is 0.487. The van der Waals surface area contributed by atoms with Gasteiger partial charge in [-0.2, -0.15) is 0 Å². The molecule has 2 aliphatic rings. The summed E-state index contributed by atoms with van der Waals surface area (Å²) in [6.45, 7) is 2.54. The SMILES string of the molecule is Fc1ccc(F)c(N2CCCNC(C3CC3)C2)c1. The molecule has 1 aromatic carbocycles. The Morgan fingerprint density at radius 2 is 2.06 bits per heavy atom. The first-order valence-corrected chi connectivity index (χ1v) is 6.67. The molecule has 2 nitrogen and oxygen atoms in total. The van der Waals surface area contributed by atoms with Crippen molar-refractivity contribution in [3.05, 3.63) is 29.8 Å². The summed E-state index contributed by atoms with van der Waals surface area (Å²) in [6.07, 6.45) is 3.49. The quantitative estimate of drug-likeness (QED) is 0.870. The summed E-state index contributed by atoms with van der Waals surface area (Å²) in [4.78, 5) is 1.99. The summed E-state index contributed by atoms with van der Waals surface area (Å²) in [6, 6.07) is 4.13. The van der Waals surface area contributed by atoms with Gasteiger partial charge in [-0.1, -0.05) is 0 Å². The van der Waals surface area contributed by atoms with Crippen LogP contribution in [0.2, 0.25) is 0 Å². The molecule has 3 rings (SSSR count). The molecule has 1 saturated heterocycles. The van der Waals surface area contributed by atoms with Crippen LogP contribution in [0.4, 0.5) is 14.5 Å². The maximum atomic E-state index is 13.8. The van der Waals surface area contributed by atoms with Crippen molar-refractivity contribution < 1.29 is 8.78 Å². The second-order valence-electron chi connectivity index (χ2n) is 5.29. The van der Waals surface area contributed by atoms with Crippen molar-refractivity contribution in [2.45, 2.75) is 25.3 Å². The van der Waals surface area contributed by atoms with E-state index in [1.165, 1.54) is 31.0 Å². The van der Waals surface area contributed by atoms with Crippen molar-refractivity contribution in [2.24, 2.45) is 5.92 Å². The first kappa shape index (κ1) is 11.9. The summed E-state index contributed by atoms with van der Waals surface area (Å²) in [5.74, 6) is 0.0293. The normalized spacial score (nSPS) is 25.0. The molecule has 1 aliphatic carbocycles. The topological polar surface area (TPSA) is 15.3 Å². The summed E-state index contributed by atoms with van der Waals surface area (Å²) >= 11 is 0. The maximum Gasteiger partial charge on any atom is 0.146 e. The number of nitrogens with one attached hydrogen (secondary N) is 1. The van der Waals surface area contributed by atoms with Crippen LogP contribution in [0.5, 0.6) is 0 Å². The number of anilines is 1. The van der Waals surface area contributed by atoms with E-state index in [9.17, 15) is 8.78 Å². The number of nitrogens with zero attached hydrogens (tertiary/aromatic N) is 1. The Labute approximate surface area is 106 Å². The molecule has 1 N–H and O–H groups in total. The van der Waals surface area contributed by atoms with Gasteiger partial charge in [-0.15, -0.1) is 0 Å². The van der Waals surface area contributed by atoms with Gasteiger partial charge in [-0.25, -0.2) is 8.78 Å². The summed E-state index contributed by atoms with van der Waals surface area (Å²) in [7, 11) is 0. The van der Waals surface area contributed by atoms with Crippen LogP contribution >= 0.6 is 0 Å². The van der Waals surface area contributed by atoms with Gasteiger partial charge in [0.25, 0.3) is 0 Å². The molecular weight excluding hydrogens is 234 g/mol. The van der Waals surface area contributed by atoms with Gasteiger partial charge in [0.2, 0.25) is 0 Å². The van der Waals surface area contributed by atoms with Crippen LogP contribution < -0.4 is 10.2 Å². The molecule has 1 atom stereocenters. The van der Waals surface area contributed by atoms with Gasteiger partial charge in [-0.05, 0) is 43.9 Å². The molecular formula is C14H18F2N2. The number of benzene rings is 1. The Balaban J connectivity index is 1.82. The van der Waals surface area contributed by atoms with E-state index in [4.69, 9.17) is 0 Å². The largest absolute Gasteiger partial charge is 0.367 e. The fourth-order valence-electron chi connectivity index (χ4n) is 2.71. The predicted octanol–water partition coefficient (Wildman–Crippen LogP) is 2.54. The third kappa shape index (κ3) is 2.48. The van der Waals surface area contributed by atoms with Crippen LogP contribution in [0.3, 0.4) is 0 Å². The molecule has 0 amide bonds. The van der Waals surface area contributed by atoms with Crippen molar-refractivity contribution >= 4 is 5.69 Å². The lowest BCUT2D eigenvalue weighted by Crippen LogP contribution is -2.39. The molecule has 18 heavy (non-hydrogen) atoms. The molecule has 0 aromatic heterocycles. The standard InChI is InChI=1S/C14H18F2N2/c15-11-4-5-12(16)14(8-11)18-7-1-6-17-13(9-18)10-2-3-10/h4-5,8,10,13,17H,1-3,6-7,9H2. The highest BCUT2D eigenvalue weighted by molar-refractivity contribution is 5.48. The second-order valence-corrected chi connectivity index (χ2v) is 5.29. The molecule has 0 bridgehead atoms. The molecule has 1 saturated carbocycles. The minimum Gasteiger partial charge on any atom is -0.367 e. The second kappa shape index (κ2) is 4.84. The molecule has 1 heterocycles. The van der Waals surface area contributed by atoms with Gasteiger partial charge in [0, 0.05) is 25.2 Å². The van der Waals surface area contributed by atoms with Gasteiger partial charge >= 0.3 is 0 Å². The van der Waals surface area contributed by atoms with Crippen molar-refractivity contribution in [1.29, 1.82) is 0 Å². The van der Waals surface area contributed by atoms with E-state index in [2.05, 4.69) is 5.32 Å². The highest BCUT2D eigenvalue weighted by atomic mass is 19.1. The van der Waals surface area contributed by atoms with Crippen molar-refractivity contribution in [3.8, 4) is 0 Å². The highest BCUT2D eigenvalue weighted by Gasteiger charge is 2.33. The van der Waals surface area contributed by atoms with Gasteiger partial charge in [0.1, 0.15) is 11.6 Å². The number of hydrogen-bond acceptors (Lipinski definition) is 2. The molecule has 98 valence electrons. The highest BCUT2D eigenvalue weighted by Crippen LogP contribution is 2.34. The molecule has 0 spiro atoms. The smallest absolute Gasteiger partial charge is 0.146 e. The molecule has 4 heteroatoms. The van der Waals surface area contributed by atoms with Crippen molar-refractivity contribution in [3.63, 3.8) is 0 Å². The Morgan fingerprint density at radius 3 is 2.83 bits per heavy atom. The fourth-order valence-corrected chi connectivity index (χ4v) is 2.71. The first-order chi connectivity index (χ1) is 8.74. The van der Waals surface area contributed by atoms with Crippen LogP contribution in [-0.2, 0) is 0 Å². The molecule has 1 unspecified atom stereocenters. The minimum absolute atomic E-state index is 0.326. The van der Waals surface area contributed by atoms with Crippen LogP contribution in [0.25, 0.3) is 0 Å². The maximum absolute atomic E-state index is 13.8. The first-order valence-electron chi connectivity index (χ1n) is 6.67. The fraction of sp³-hybridized carbons (Fsp3) is 0.571. The summed E-state index contributed by atoms with van der Waals surface area (Å²) < 4.78 is 27.1. The van der Waals surface area contributed by atoms with Crippen LogP contribution in [0, 0.1) is 17.6 Å². The lowest BCUT2D eigenvalue weighted by Gasteiger charge is -2.26. The van der Waals surface area contributed by atoms with Crippen molar-refractivity contribution in [1.82, 2.24) is 5.32 Å². The summed E-state index contributed by atoms with van der Waals surface area (Å²) in [5, 5.41) is 3.52. The molecule has 1 aliphatic heterocycles. The van der Waals surface area contributed by atoms with E-state index in [-0.39, 0.29) is 11.6 Å². The Bertz CT molecular complexity index is 432. The van der Waals surface area contributed by atoms with Gasteiger partial charge in [-0.3, -0.25) is 0 Å². The Kier molecular flexibility index (Phi) is 3.20. The van der Waals surface area contributed by atoms with Crippen LogP contribution in [0.1, 0.15) is 19.3 Å². The van der Waals surface area contributed by atoms with E-state index in [1.54, 1.807) is 0 Å². The van der Waals surface area contributed by atoms with Crippen molar-refractivity contribution in [2.75, 3.05) is 24.5 Å². The monoisotopic (exact) mass is 252 g/mol. The average Bonchev–Trinajstić information content (AvgIpc) is 3.16. The minimum atomic E-state index is -0.369. The Hall–Kier alpha value is -1.16. The molecule has 1 aromatic rings. The molecule has 0 radical (unpaired) electrons. The number of halogens is 2. The number of hydrogen-bond donors (Lipinski definition) is 1. The van der Waals surface area contributed by atoms with Crippen LogP contribution in [0.15, 0.2) is 18.2 Å². The number of rotatable bonds is 2. The van der Waals surface area contributed by atoms with Gasteiger partial charge in [0.05, 0.1) is 5.69 Å². The zero-order valence-electron chi connectivity index (χ0n) is 10.3. The Morgan fingerprint density at radius 1 is 1.22 bits per heavy atom. The average molecular weight is 252 g/mol.